The van der Waals surface area contributed by atoms with Crippen molar-refractivity contribution >= 4 is 11.5 Å². The second kappa shape index (κ2) is 2.86. The van der Waals surface area contributed by atoms with Crippen molar-refractivity contribution in [3.63, 3.8) is 0 Å². The maximum Gasteiger partial charge on any atom is 0.108 e. The van der Waals surface area contributed by atoms with Crippen LogP contribution in [0.4, 0.5) is 11.5 Å². The smallest absolute Gasteiger partial charge is 0.108 e. The molecule has 0 amide bonds. The molecule has 0 aliphatic carbocycles. The van der Waals surface area contributed by atoms with Gasteiger partial charge in [-0.25, -0.2) is 0 Å². The molecule has 2 aromatic rings. The van der Waals surface area contributed by atoms with Crippen molar-refractivity contribution < 1.29 is 0 Å². The standard InChI is InChI=1S/C10H11N3/c11-8-3-1-2-7(6-8)9-4-5-13-10(9)12/h1-6,13H,11-12H2. The average Bonchev–Trinajstić information content (AvgIpc) is 2.51. The van der Waals surface area contributed by atoms with Gasteiger partial charge in [-0.1, -0.05) is 12.1 Å². The molecule has 1 heterocycles. The van der Waals surface area contributed by atoms with E-state index in [9.17, 15) is 0 Å². The summed E-state index contributed by atoms with van der Waals surface area (Å²) in [4.78, 5) is 2.92. The van der Waals surface area contributed by atoms with Crippen molar-refractivity contribution in [2.24, 2.45) is 0 Å². The van der Waals surface area contributed by atoms with Gasteiger partial charge in [0.05, 0.1) is 0 Å². The van der Waals surface area contributed by atoms with Crippen LogP contribution < -0.4 is 11.5 Å². The molecule has 0 aliphatic rings. The molecule has 5 N–H and O–H groups in total. The van der Waals surface area contributed by atoms with Crippen LogP contribution >= 0.6 is 0 Å². The van der Waals surface area contributed by atoms with Gasteiger partial charge in [0.25, 0.3) is 0 Å². The Morgan fingerprint density at radius 1 is 1.08 bits per heavy atom. The minimum absolute atomic E-state index is 0.672. The number of benzene rings is 1. The van der Waals surface area contributed by atoms with Crippen LogP contribution in [0.15, 0.2) is 36.5 Å². The second-order valence-electron chi connectivity index (χ2n) is 2.93. The van der Waals surface area contributed by atoms with Gasteiger partial charge in [-0.05, 0) is 23.8 Å². The molecular formula is C10H11N3. The molecule has 0 unspecified atom stereocenters. The van der Waals surface area contributed by atoms with E-state index in [2.05, 4.69) is 4.98 Å². The highest BCUT2D eigenvalue weighted by molar-refractivity contribution is 5.76. The molecule has 0 fully saturated rings. The Hall–Kier alpha value is -1.90. The highest BCUT2D eigenvalue weighted by atomic mass is 14.8. The van der Waals surface area contributed by atoms with Crippen molar-refractivity contribution in [2.75, 3.05) is 11.5 Å². The number of hydrogen-bond acceptors (Lipinski definition) is 2. The van der Waals surface area contributed by atoms with Gasteiger partial charge in [0.2, 0.25) is 0 Å². The number of nitrogens with two attached hydrogens (primary N) is 2. The number of aromatic nitrogens is 1. The molecule has 3 heteroatoms. The molecule has 0 bridgehead atoms. The Labute approximate surface area is 76.4 Å². The van der Waals surface area contributed by atoms with Crippen molar-refractivity contribution in [3.8, 4) is 11.1 Å². The fourth-order valence-corrected chi connectivity index (χ4v) is 1.34. The summed E-state index contributed by atoms with van der Waals surface area (Å²) in [6, 6.07) is 9.59. The molecule has 1 aromatic heterocycles. The zero-order valence-corrected chi connectivity index (χ0v) is 7.12. The maximum atomic E-state index is 5.73. The Morgan fingerprint density at radius 2 is 1.92 bits per heavy atom. The van der Waals surface area contributed by atoms with Crippen LogP contribution in [0.1, 0.15) is 0 Å². The van der Waals surface area contributed by atoms with E-state index in [1.807, 2.05) is 36.5 Å². The number of anilines is 2. The van der Waals surface area contributed by atoms with Crippen molar-refractivity contribution in [2.45, 2.75) is 0 Å². The van der Waals surface area contributed by atoms with Crippen molar-refractivity contribution in [1.29, 1.82) is 0 Å². The molecule has 1 aromatic carbocycles. The molecule has 2 rings (SSSR count). The average molecular weight is 173 g/mol. The van der Waals surface area contributed by atoms with Crippen LogP contribution in [0, 0.1) is 0 Å². The van der Waals surface area contributed by atoms with E-state index in [-0.39, 0.29) is 0 Å². The topological polar surface area (TPSA) is 67.8 Å². The van der Waals surface area contributed by atoms with Gasteiger partial charge >= 0.3 is 0 Å². The highest BCUT2D eigenvalue weighted by Crippen LogP contribution is 2.25. The molecule has 0 saturated heterocycles. The van der Waals surface area contributed by atoms with E-state index in [1.54, 1.807) is 0 Å². The lowest BCUT2D eigenvalue weighted by Crippen LogP contribution is -1.88. The monoisotopic (exact) mass is 173 g/mol. The first kappa shape index (κ1) is 7.73. The summed E-state index contributed by atoms with van der Waals surface area (Å²) in [6.45, 7) is 0. The molecule has 0 radical (unpaired) electrons. The number of hydrogen-bond donors (Lipinski definition) is 3. The van der Waals surface area contributed by atoms with Gasteiger partial charge in [0.15, 0.2) is 0 Å². The quantitative estimate of drug-likeness (QED) is 0.576. The summed E-state index contributed by atoms with van der Waals surface area (Å²) in [6.07, 6.45) is 1.81. The van der Waals surface area contributed by atoms with E-state index < -0.39 is 0 Å². The molecular weight excluding hydrogens is 162 g/mol. The third-order valence-corrected chi connectivity index (χ3v) is 1.98. The van der Waals surface area contributed by atoms with Crippen LogP contribution in [-0.2, 0) is 0 Å². The van der Waals surface area contributed by atoms with Crippen LogP contribution in [0.2, 0.25) is 0 Å². The van der Waals surface area contributed by atoms with Gasteiger partial charge in [-0.2, -0.15) is 0 Å². The molecule has 0 saturated carbocycles. The van der Waals surface area contributed by atoms with E-state index in [4.69, 9.17) is 11.5 Å². The third-order valence-electron chi connectivity index (χ3n) is 1.98. The van der Waals surface area contributed by atoms with Crippen LogP contribution in [0.25, 0.3) is 11.1 Å². The number of rotatable bonds is 1. The summed E-state index contributed by atoms with van der Waals surface area (Å²) >= 11 is 0. The number of nitrogen functional groups attached to an aromatic ring is 2. The zero-order valence-electron chi connectivity index (χ0n) is 7.12. The SMILES string of the molecule is Nc1cccc(-c2cc[nH]c2N)c1. The van der Waals surface area contributed by atoms with Crippen molar-refractivity contribution in [1.82, 2.24) is 4.98 Å². The summed E-state index contributed by atoms with van der Waals surface area (Å²) in [5, 5.41) is 0. The molecule has 66 valence electrons. The normalized spacial score (nSPS) is 10.2. The Balaban J connectivity index is 2.53. The summed E-state index contributed by atoms with van der Waals surface area (Å²) in [7, 11) is 0. The number of nitrogens with one attached hydrogen (secondary N) is 1. The van der Waals surface area contributed by atoms with Gasteiger partial charge in [0.1, 0.15) is 5.82 Å². The lowest BCUT2D eigenvalue weighted by molar-refractivity contribution is 1.42. The predicted molar refractivity (Wildman–Crippen MR) is 55.1 cm³/mol. The molecule has 0 aliphatic heterocycles. The highest BCUT2D eigenvalue weighted by Gasteiger charge is 2.02. The lowest BCUT2D eigenvalue weighted by atomic mass is 10.1. The Kier molecular flexibility index (Phi) is 1.70. The van der Waals surface area contributed by atoms with Gasteiger partial charge in [0, 0.05) is 17.4 Å². The zero-order chi connectivity index (χ0) is 9.26. The fourth-order valence-electron chi connectivity index (χ4n) is 1.34. The summed E-state index contributed by atoms with van der Waals surface area (Å²) < 4.78 is 0. The molecule has 13 heavy (non-hydrogen) atoms. The fraction of sp³-hybridized carbons (Fsp3) is 0. The van der Waals surface area contributed by atoms with E-state index in [1.165, 1.54) is 0 Å². The van der Waals surface area contributed by atoms with Gasteiger partial charge in [-0.3, -0.25) is 0 Å². The Bertz CT molecular complexity index is 418. The summed E-state index contributed by atoms with van der Waals surface area (Å²) in [5.74, 6) is 0.672. The number of H-pyrrole nitrogens is 1. The van der Waals surface area contributed by atoms with Crippen LogP contribution in [0.3, 0.4) is 0 Å². The minimum Gasteiger partial charge on any atom is -0.399 e. The first-order valence-electron chi connectivity index (χ1n) is 4.06. The second-order valence-corrected chi connectivity index (χ2v) is 2.93. The Morgan fingerprint density at radius 3 is 2.54 bits per heavy atom. The molecule has 3 nitrogen and oxygen atoms in total. The van der Waals surface area contributed by atoms with Crippen LogP contribution in [0.5, 0.6) is 0 Å². The largest absolute Gasteiger partial charge is 0.399 e. The predicted octanol–water partition coefficient (Wildman–Crippen LogP) is 1.85. The lowest BCUT2D eigenvalue weighted by Gasteiger charge is -2.00. The van der Waals surface area contributed by atoms with Crippen molar-refractivity contribution in [3.05, 3.63) is 36.5 Å². The minimum atomic E-state index is 0.672. The maximum absolute atomic E-state index is 5.73. The molecule has 0 atom stereocenters. The first-order valence-corrected chi connectivity index (χ1v) is 4.06. The third kappa shape index (κ3) is 1.36. The van der Waals surface area contributed by atoms with E-state index in [0.29, 0.717) is 5.82 Å². The first-order chi connectivity index (χ1) is 6.27. The number of aromatic amines is 1. The van der Waals surface area contributed by atoms with Gasteiger partial charge < -0.3 is 16.5 Å². The van der Waals surface area contributed by atoms with Gasteiger partial charge in [-0.15, -0.1) is 0 Å². The molecule has 0 spiro atoms. The summed E-state index contributed by atoms with van der Waals surface area (Å²) in [5.41, 5.74) is 14.2. The van der Waals surface area contributed by atoms with E-state index >= 15 is 0 Å². The van der Waals surface area contributed by atoms with E-state index in [0.717, 1.165) is 16.8 Å². The van der Waals surface area contributed by atoms with Crippen LogP contribution in [-0.4, -0.2) is 4.98 Å².